The molecule has 1 heterocycles. The van der Waals surface area contributed by atoms with E-state index in [0.29, 0.717) is 15.7 Å². The molecule has 1 N–H and O–H groups in total. The molecule has 0 bridgehead atoms. The lowest BCUT2D eigenvalue weighted by atomic mass is 10.1. The molecule has 16 heavy (non-hydrogen) atoms. The maximum atomic E-state index is 11.9. The second-order valence-electron chi connectivity index (χ2n) is 3.20. The Hall–Kier alpha value is -1.39. The average Bonchev–Trinajstić information content (AvgIpc) is 2.74. The van der Waals surface area contributed by atoms with Gasteiger partial charge in [-0.05, 0) is 24.6 Å². The van der Waals surface area contributed by atoms with E-state index in [4.69, 9.17) is 11.6 Å². The van der Waals surface area contributed by atoms with Gasteiger partial charge in [-0.15, -0.1) is 11.3 Å². The zero-order valence-corrected chi connectivity index (χ0v) is 10.1. The van der Waals surface area contributed by atoms with Crippen molar-refractivity contribution in [3.05, 3.63) is 45.9 Å². The maximum Gasteiger partial charge on any atom is 0.257 e. The highest BCUT2D eigenvalue weighted by atomic mass is 35.5. The standard InChI is InChI=1S/C11H9ClN2OS/c1-7-8(3-2-4-9(7)12)10(15)14-11-13-5-6-16-11/h2-6H,1H3,(H,13,14,15). The van der Waals surface area contributed by atoms with Crippen molar-refractivity contribution in [1.29, 1.82) is 0 Å². The van der Waals surface area contributed by atoms with E-state index in [1.807, 2.05) is 6.92 Å². The molecule has 0 saturated heterocycles. The Morgan fingerprint density at radius 2 is 2.31 bits per heavy atom. The van der Waals surface area contributed by atoms with Crippen LogP contribution in [0.5, 0.6) is 0 Å². The van der Waals surface area contributed by atoms with E-state index in [2.05, 4.69) is 10.3 Å². The van der Waals surface area contributed by atoms with Gasteiger partial charge >= 0.3 is 0 Å². The van der Waals surface area contributed by atoms with Crippen LogP contribution in [0.4, 0.5) is 5.13 Å². The van der Waals surface area contributed by atoms with E-state index >= 15 is 0 Å². The maximum absolute atomic E-state index is 11.9. The van der Waals surface area contributed by atoms with Gasteiger partial charge in [-0.25, -0.2) is 4.98 Å². The minimum atomic E-state index is -0.185. The van der Waals surface area contributed by atoms with Gasteiger partial charge in [0, 0.05) is 22.2 Å². The summed E-state index contributed by atoms with van der Waals surface area (Å²) in [5.74, 6) is -0.185. The third-order valence-electron chi connectivity index (χ3n) is 2.17. The smallest absolute Gasteiger partial charge is 0.257 e. The van der Waals surface area contributed by atoms with Gasteiger partial charge in [0.05, 0.1) is 0 Å². The summed E-state index contributed by atoms with van der Waals surface area (Å²) in [6, 6.07) is 5.26. The number of amides is 1. The fraction of sp³-hybridized carbons (Fsp3) is 0.0909. The zero-order chi connectivity index (χ0) is 11.5. The number of carbonyl (C=O) groups is 1. The number of anilines is 1. The summed E-state index contributed by atoms with van der Waals surface area (Å²) in [6.45, 7) is 1.82. The topological polar surface area (TPSA) is 42.0 Å². The Morgan fingerprint density at radius 1 is 1.50 bits per heavy atom. The van der Waals surface area contributed by atoms with Crippen LogP contribution in [0.15, 0.2) is 29.8 Å². The van der Waals surface area contributed by atoms with Crippen LogP contribution in [0.25, 0.3) is 0 Å². The Labute approximate surface area is 102 Å². The molecule has 0 saturated carbocycles. The molecule has 1 aromatic carbocycles. The van der Waals surface area contributed by atoms with Crippen molar-refractivity contribution >= 4 is 34.0 Å². The lowest BCUT2D eigenvalue weighted by Gasteiger charge is -2.06. The lowest BCUT2D eigenvalue weighted by molar-refractivity contribution is 0.102. The fourth-order valence-electron chi connectivity index (χ4n) is 1.30. The van der Waals surface area contributed by atoms with E-state index in [1.165, 1.54) is 11.3 Å². The third kappa shape index (κ3) is 2.23. The van der Waals surface area contributed by atoms with Gasteiger partial charge in [0.1, 0.15) is 0 Å². The predicted molar refractivity (Wildman–Crippen MR) is 66.3 cm³/mol. The second kappa shape index (κ2) is 4.63. The summed E-state index contributed by atoms with van der Waals surface area (Å²) >= 11 is 7.33. The summed E-state index contributed by atoms with van der Waals surface area (Å²) in [5.41, 5.74) is 1.35. The van der Waals surface area contributed by atoms with Crippen LogP contribution < -0.4 is 5.32 Å². The second-order valence-corrected chi connectivity index (χ2v) is 4.51. The zero-order valence-electron chi connectivity index (χ0n) is 8.53. The first-order chi connectivity index (χ1) is 7.68. The van der Waals surface area contributed by atoms with Crippen LogP contribution in [0, 0.1) is 6.92 Å². The molecule has 2 rings (SSSR count). The van der Waals surface area contributed by atoms with Crippen LogP contribution in [0.1, 0.15) is 15.9 Å². The van der Waals surface area contributed by atoms with Gasteiger partial charge in [0.15, 0.2) is 5.13 Å². The van der Waals surface area contributed by atoms with Crippen LogP contribution in [0.3, 0.4) is 0 Å². The first kappa shape index (κ1) is 11.1. The van der Waals surface area contributed by atoms with Crippen molar-refractivity contribution in [2.24, 2.45) is 0 Å². The molecule has 5 heteroatoms. The van der Waals surface area contributed by atoms with Crippen molar-refractivity contribution in [3.63, 3.8) is 0 Å². The number of aromatic nitrogens is 1. The Morgan fingerprint density at radius 3 is 3.00 bits per heavy atom. The number of hydrogen-bond donors (Lipinski definition) is 1. The molecule has 0 aliphatic carbocycles. The predicted octanol–water partition coefficient (Wildman–Crippen LogP) is 3.36. The van der Waals surface area contributed by atoms with Crippen molar-refractivity contribution in [2.45, 2.75) is 6.92 Å². The van der Waals surface area contributed by atoms with Crippen molar-refractivity contribution in [2.75, 3.05) is 5.32 Å². The molecular formula is C11H9ClN2OS. The summed E-state index contributed by atoms with van der Waals surface area (Å²) in [6.07, 6.45) is 1.64. The monoisotopic (exact) mass is 252 g/mol. The number of carbonyl (C=O) groups excluding carboxylic acids is 1. The highest BCUT2D eigenvalue weighted by molar-refractivity contribution is 7.13. The normalized spacial score (nSPS) is 10.1. The number of thiazole rings is 1. The van der Waals surface area contributed by atoms with Gasteiger partial charge in [0.2, 0.25) is 0 Å². The van der Waals surface area contributed by atoms with Crippen LogP contribution in [-0.4, -0.2) is 10.9 Å². The molecular weight excluding hydrogens is 244 g/mol. The van der Waals surface area contributed by atoms with Gasteiger partial charge < -0.3 is 0 Å². The van der Waals surface area contributed by atoms with E-state index in [9.17, 15) is 4.79 Å². The molecule has 1 aromatic heterocycles. The number of hydrogen-bond acceptors (Lipinski definition) is 3. The molecule has 0 fully saturated rings. The fourth-order valence-corrected chi connectivity index (χ4v) is 2.00. The average molecular weight is 253 g/mol. The van der Waals surface area contributed by atoms with Crippen molar-refractivity contribution in [3.8, 4) is 0 Å². The summed E-state index contributed by atoms with van der Waals surface area (Å²) < 4.78 is 0. The van der Waals surface area contributed by atoms with Gasteiger partial charge in [0.25, 0.3) is 5.91 Å². The van der Waals surface area contributed by atoms with Crippen LogP contribution in [0.2, 0.25) is 5.02 Å². The third-order valence-corrected chi connectivity index (χ3v) is 3.26. The van der Waals surface area contributed by atoms with Crippen LogP contribution in [-0.2, 0) is 0 Å². The van der Waals surface area contributed by atoms with Gasteiger partial charge in [-0.3, -0.25) is 10.1 Å². The summed E-state index contributed by atoms with van der Waals surface area (Å²) in [4.78, 5) is 15.9. The van der Waals surface area contributed by atoms with Gasteiger partial charge in [-0.2, -0.15) is 0 Å². The molecule has 1 amide bonds. The van der Waals surface area contributed by atoms with Crippen molar-refractivity contribution < 1.29 is 4.79 Å². The Bertz CT molecular complexity index is 511. The molecule has 0 unspecified atom stereocenters. The number of halogens is 1. The molecule has 0 atom stereocenters. The lowest BCUT2D eigenvalue weighted by Crippen LogP contribution is -2.13. The van der Waals surface area contributed by atoms with E-state index in [0.717, 1.165) is 5.56 Å². The van der Waals surface area contributed by atoms with E-state index in [-0.39, 0.29) is 5.91 Å². The summed E-state index contributed by atoms with van der Waals surface area (Å²) in [7, 11) is 0. The number of benzene rings is 1. The molecule has 0 spiro atoms. The molecule has 82 valence electrons. The SMILES string of the molecule is Cc1c(Cl)cccc1C(=O)Nc1nccs1. The number of rotatable bonds is 2. The minimum absolute atomic E-state index is 0.185. The highest BCUT2D eigenvalue weighted by Crippen LogP contribution is 2.20. The molecule has 0 radical (unpaired) electrons. The van der Waals surface area contributed by atoms with Crippen molar-refractivity contribution in [1.82, 2.24) is 4.98 Å². The molecule has 2 aromatic rings. The highest BCUT2D eigenvalue weighted by Gasteiger charge is 2.11. The minimum Gasteiger partial charge on any atom is -0.298 e. The summed E-state index contributed by atoms with van der Waals surface area (Å²) in [5, 5.41) is 5.70. The Balaban J connectivity index is 2.24. The van der Waals surface area contributed by atoms with E-state index < -0.39 is 0 Å². The number of nitrogens with zero attached hydrogens (tertiary/aromatic N) is 1. The quantitative estimate of drug-likeness (QED) is 0.891. The largest absolute Gasteiger partial charge is 0.298 e. The first-order valence-electron chi connectivity index (χ1n) is 4.64. The molecule has 0 aliphatic rings. The van der Waals surface area contributed by atoms with Crippen LogP contribution >= 0.6 is 22.9 Å². The Kier molecular flexibility index (Phi) is 3.22. The molecule has 0 aliphatic heterocycles. The first-order valence-corrected chi connectivity index (χ1v) is 5.90. The van der Waals surface area contributed by atoms with E-state index in [1.54, 1.807) is 29.8 Å². The molecule has 3 nitrogen and oxygen atoms in total. The van der Waals surface area contributed by atoms with Gasteiger partial charge in [-0.1, -0.05) is 17.7 Å². The number of nitrogens with one attached hydrogen (secondary N) is 1.